The molecule has 4 rings (SSSR count). The Morgan fingerprint density at radius 2 is 2.07 bits per heavy atom. The lowest BCUT2D eigenvalue weighted by Crippen LogP contribution is -2.16. The van der Waals surface area contributed by atoms with Crippen molar-refractivity contribution in [3.63, 3.8) is 0 Å². The van der Waals surface area contributed by atoms with Crippen LogP contribution in [0, 0.1) is 0 Å². The molecular weight excluding hydrogens is 370 g/mol. The average Bonchev–Trinajstić information content (AvgIpc) is 3.12. The van der Waals surface area contributed by atoms with E-state index >= 15 is 0 Å². The number of amides is 1. The first kappa shape index (κ1) is 18.7. The Bertz CT molecular complexity index is 1000. The molecule has 0 spiro atoms. The van der Waals surface area contributed by atoms with Crippen molar-refractivity contribution >= 4 is 23.4 Å². The fourth-order valence-electron chi connectivity index (χ4n) is 3.38. The number of carbonyl (C=O) groups is 1. The largest absolute Gasteiger partial charge is 0.321 e. The van der Waals surface area contributed by atoms with Gasteiger partial charge in [-0.2, -0.15) is 0 Å². The van der Waals surface area contributed by atoms with Crippen molar-refractivity contribution in [1.29, 1.82) is 0 Å². The third-order valence-corrected chi connectivity index (χ3v) is 6.18. The topological polar surface area (TPSA) is 72.7 Å². The number of hydrogen-bond donors (Lipinski definition) is 1. The predicted octanol–water partition coefficient (Wildman–Crippen LogP) is 4.19. The number of thioether (sulfide) groups is 1. The Hall–Kier alpha value is -2.67. The molecule has 0 radical (unpaired) electrons. The van der Waals surface area contributed by atoms with Gasteiger partial charge in [-0.05, 0) is 61.9 Å². The van der Waals surface area contributed by atoms with Crippen molar-refractivity contribution in [2.45, 2.75) is 43.0 Å². The van der Waals surface area contributed by atoms with Crippen molar-refractivity contribution in [1.82, 2.24) is 19.7 Å². The maximum atomic E-state index is 12.7. The molecule has 0 fully saturated rings. The molecule has 1 aliphatic rings. The molecule has 1 atom stereocenters. The van der Waals surface area contributed by atoms with Crippen LogP contribution in [0.15, 0.2) is 47.9 Å². The second-order valence-electron chi connectivity index (χ2n) is 7.07. The zero-order valence-corrected chi connectivity index (χ0v) is 16.9. The number of rotatable bonds is 5. The second kappa shape index (κ2) is 8.14. The molecule has 0 aliphatic heterocycles. The number of nitrogens with zero attached hydrogens (tertiary/aromatic N) is 4. The molecule has 144 valence electrons. The van der Waals surface area contributed by atoms with Gasteiger partial charge in [0.2, 0.25) is 0 Å². The Morgan fingerprint density at radius 3 is 2.89 bits per heavy atom. The number of carbonyl (C=O) groups excluding carboxylic acids is 1. The summed E-state index contributed by atoms with van der Waals surface area (Å²) in [6, 6.07) is 11.8. The summed E-state index contributed by atoms with van der Waals surface area (Å²) in [5.41, 5.74) is 4.71. The summed E-state index contributed by atoms with van der Waals surface area (Å²) in [6.07, 6.45) is 6.07. The van der Waals surface area contributed by atoms with E-state index in [0.717, 1.165) is 41.4 Å². The van der Waals surface area contributed by atoms with E-state index in [9.17, 15) is 4.79 Å². The van der Waals surface area contributed by atoms with Crippen molar-refractivity contribution in [3.8, 4) is 0 Å². The molecule has 1 N–H and O–H groups in total. The van der Waals surface area contributed by atoms with Gasteiger partial charge < -0.3 is 9.88 Å². The quantitative estimate of drug-likeness (QED) is 0.658. The molecule has 6 nitrogen and oxygen atoms in total. The van der Waals surface area contributed by atoms with Crippen molar-refractivity contribution in [2.24, 2.45) is 7.05 Å². The summed E-state index contributed by atoms with van der Waals surface area (Å²) in [7, 11) is 1.93. The van der Waals surface area contributed by atoms with Crippen LogP contribution >= 0.6 is 11.8 Å². The standard InChI is InChI=1S/C21H23N5OS/c1-14(28-21-25-22-13-26(21)2)16-7-5-8-17(12-16)23-20(27)19-11-10-15-6-3-4-9-18(15)24-19/h5,7-8,10-14H,3-4,6,9H2,1-2H3,(H,23,27). The molecule has 28 heavy (non-hydrogen) atoms. The number of hydrogen-bond acceptors (Lipinski definition) is 5. The molecule has 3 aromatic rings. The summed E-state index contributed by atoms with van der Waals surface area (Å²) in [5, 5.41) is 12.1. The zero-order chi connectivity index (χ0) is 19.5. The molecule has 1 aliphatic carbocycles. The normalized spacial score (nSPS) is 14.4. The lowest BCUT2D eigenvalue weighted by molar-refractivity contribution is 0.102. The van der Waals surface area contributed by atoms with Crippen LogP contribution in [-0.2, 0) is 19.9 Å². The lowest BCUT2D eigenvalue weighted by Gasteiger charge is -2.16. The Balaban J connectivity index is 1.47. The van der Waals surface area contributed by atoms with Gasteiger partial charge in [0.15, 0.2) is 5.16 Å². The van der Waals surface area contributed by atoms with Crippen LogP contribution in [0.4, 0.5) is 5.69 Å². The van der Waals surface area contributed by atoms with Gasteiger partial charge in [0, 0.05) is 23.7 Å². The smallest absolute Gasteiger partial charge is 0.274 e. The highest BCUT2D eigenvalue weighted by molar-refractivity contribution is 7.99. The fraction of sp³-hybridized carbons (Fsp3) is 0.333. The van der Waals surface area contributed by atoms with Gasteiger partial charge in [-0.25, -0.2) is 4.98 Å². The number of anilines is 1. The molecular formula is C21H23N5OS. The monoisotopic (exact) mass is 393 g/mol. The average molecular weight is 394 g/mol. The van der Waals surface area contributed by atoms with Crippen LogP contribution in [0.25, 0.3) is 0 Å². The van der Waals surface area contributed by atoms with E-state index in [1.54, 1.807) is 18.1 Å². The first-order chi connectivity index (χ1) is 13.6. The molecule has 0 saturated carbocycles. The molecule has 0 saturated heterocycles. The van der Waals surface area contributed by atoms with E-state index in [1.807, 2.05) is 41.9 Å². The summed E-state index contributed by atoms with van der Waals surface area (Å²) < 4.78 is 1.90. The van der Waals surface area contributed by atoms with E-state index in [4.69, 9.17) is 0 Å². The first-order valence-corrected chi connectivity index (χ1v) is 10.4. The summed E-state index contributed by atoms with van der Waals surface area (Å²) >= 11 is 1.63. The van der Waals surface area contributed by atoms with E-state index in [1.165, 1.54) is 12.0 Å². The molecule has 0 bridgehead atoms. The molecule has 2 aromatic heterocycles. The van der Waals surface area contributed by atoms with Crippen LogP contribution in [0.5, 0.6) is 0 Å². The number of pyridine rings is 1. The second-order valence-corrected chi connectivity index (χ2v) is 8.38. The van der Waals surface area contributed by atoms with Crippen LogP contribution < -0.4 is 5.32 Å². The third-order valence-electron chi connectivity index (χ3n) is 4.98. The molecule has 1 unspecified atom stereocenters. The number of fused-ring (bicyclic) bond motifs is 1. The van der Waals surface area contributed by atoms with E-state index in [-0.39, 0.29) is 11.2 Å². The van der Waals surface area contributed by atoms with Crippen molar-refractivity contribution < 1.29 is 4.79 Å². The zero-order valence-electron chi connectivity index (χ0n) is 16.1. The number of nitrogens with one attached hydrogen (secondary N) is 1. The van der Waals surface area contributed by atoms with Crippen LogP contribution in [0.2, 0.25) is 0 Å². The lowest BCUT2D eigenvalue weighted by atomic mass is 9.96. The number of aromatic nitrogens is 4. The van der Waals surface area contributed by atoms with Crippen LogP contribution in [0.3, 0.4) is 0 Å². The molecule has 1 aromatic carbocycles. The van der Waals surface area contributed by atoms with E-state index in [0.29, 0.717) is 5.69 Å². The molecule has 1 amide bonds. The maximum Gasteiger partial charge on any atom is 0.274 e. The van der Waals surface area contributed by atoms with Gasteiger partial charge in [0.25, 0.3) is 5.91 Å². The Morgan fingerprint density at radius 1 is 1.21 bits per heavy atom. The highest BCUT2D eigenvalue weighted by Gasteiger charge is 2.16. The number of aryl methyl sites for hydroxylation is 3. The highest BCUT2D eigenvalue weighted by Crippen LogP contribution is 2.34. The Kier molecular flexibility index (Phi) is 5.43. The summed E-state index contributed by atoms with van der Waals surface area (Å²) in [6.45, 7) is 2.12. The van der Waals surface area contributed by atoms with Crippen LogP contribution in [-0.4, -0.2) is 25.7 Å². The molecule has 2 heterocycles. The minimum Gasteiger partial charge on any atom is -0.321 e. The Labute approximate surface area is 168 Å². The maximum absolute atomic E-state index is 12.7. The van der Waals surface area contributed by atoms with Gasteiger partial charge >= 0.3 is 0 Å². The number of benzene rings is 1. The van der Waals surface area contributed by atoms with Gasteiger partial charge in [0.1, 0.15) is 12.0 Å². The minimum atomic E-state index is -0.167. The van der Waals surface area contributed by atoms with Gasteiger partial charge in [-0.15, -0.1) is 10.2 Å². The summed E-state index contributed by atoms with van der Waals surface area (Å²) in [4.78, 5) is 17.3. The highest BCUT2D eigenvalue weighted by atomic mass is 32.2. The van der Waals surface area contributed by atoms with Crippen LogP contribution in [0.1, 0.15) is 52.3 Å². The van der Waals surface area contributed by atoms with E-state index < -0.39 is 0 Å². The summed E-state index contributed by atoms with van der Waals surface area (Å²) in [5.74, 6) is -0.167. The van der Waals surface area contributed by atoms with Gasteiger partial charge in [-0.3, -0.25) is 4.79 Å². The van der Waals surface area contributed by atoms with Gasteiger partial charge in [0.05, 0.1) is 0 Å². The predicted molar refractivity (Wildman–Crippen MR) is 111 cm³/mol. The third kappa shape index (κ3) is 4.09. The fourth-order valence-corrected chi connectivity index (χ4v) is 4.29. The van der Waals surface area contributed by atoms with Crippen molar-refractivity contribution in [3.05, 3.63) is 65.2 Å². The van der Waals surface area contributed by atoms with Gasteiger partial charge in [-0.1, -0.05) is 30.0 Å². The first-order valence-electron chi connectivity index (χ1n) is 9.51. The molecule has 7 heteroatoms. The van der Waals surface area contributed by atoms with E-state index in [2.05, 4.69) is 33.5 Å². The minimum absolute atomic E-state index is 0.167. The SMILES string of the molecule is CC(Sc1nncn1C)c1cccc(NC(=O)c2ccc3c(n2)CCCC3)c1. The van der Waals surface area contributed by atoms with Crippen molar-refractivity contribution in [2.75, 3.05) is 5.32 Å².